The molecule has 2 aromatic rings. The van der Waals surface area contributed by atoms with Crippen LogP contribution in [0, 0.1) is 0 Å². The third kappa shape index (κ3) is 3.19. The molecule has 2 rings (SSSR count). The second-order valence-electron chi connectivity index (χ2n) is 5.68. The van der Waals surface area contributed by atoms with Crippen LogP contribution in [0.1, 0.15) is 26.3 Å². The van der Waals surface area contributed by atoms with Gasteiger partial charge in [-0.1, -0.05) is 61.0 Å². The van der Waals surface area contributed by atoms with Crippen molar-refractivity contribution in [1.82, 2.24) is 0 Å². The zero-order valence-corrected chi connectivity index (χ0v) is 13.4. The molecule has 0 spiro atoms. The average molecular weight is 319 g/mol. The first-order chi connectivity index (χ1) is 8.91. The Bertz CT molecular complexity index is 582. The van der Waals surface area contributed by atoms with Crippen LogP contribution < -0.4 is 4.74 Å². The number of para-hydroxylation sites is 1. The van der Waals surface area contributed by atoms with Gasteiger partial charge in [0, 0.05) is 10.0 Å². The summed E-state index contributed by atoms with van der Waals surface area (Å²) >= 11 is 3.61. The van der Waals surface area contributed by atoms with Crippen LogP contribution in [-0.4, -0.2) is 7.11 Å². The number of methoxy groups -OCH3 is 1. The van der Waals surface area contributed by atoms with Crippen LogP contribution in [0.4, 0.5) is 0 Å². The Morgan fingerprint density at radius 2 is 1.68 bits per heavy atom. The number of hydrogen-bond donors (Lipinski definition) is 0. The topological polar surface area (TPSA) is 9.23 Å². The van der Waals surface area contributed by atoms with Crippen LogP contribution in [0.15, 0.2) is 46.9 Å². The molecule has 0 bridgehead atoms. The molecule has 0 aliphatic carbocycles. The van der Waals surface area contributed by atoms with Gasteiger partial charge in [-0.3, -0.25) is 0 Å². The summed E-state index contributed by atoms with van der Waals surface area (Å²) in [6.45, 7) is 6.67. The minimum atomic E-state index is 0.126. The summed E-state index contributed by atoms with van der Waals surface area (Å²) in [5.74, 6) is 0.903. The number of benzene rings is 2. The van der Waals surface area contributed by atoms with E-state index in [9.17, 15) is 0 Å². The molecular formula is C17H19BrO. The summed E-state index contributed by atoms with van der Waals surface area (Å²) in [6, 6.07) is 14.7. The minimum absolute atomic E-state index is 0.126. The number of rotatable bonds is 2. The zero-order valence-electron chi connectivity index (χ0n) is 11.8. The van der Waals surface area contributed by atoms with E-state index in [1.54, 1.807) is 7.11 Å². The Morgan fingerprint density at radius 1 is 1.00 bits per heavy atom. The number of hydrogen-bond acceptors (Lipinski definition) is 1. The number of halogens is 1. The first kappa shape index (κ1) is 14.1. The van der Waals surface area contributed by atoms with E-state index in [-0.39, 0.29) is 5.41 Å². The highest BCUT2D eigenvalue weighted by Crippen LogP contribution is 2.35. The lowest BCUT2D eigenvalue weighted by molar-refractivity contribution is 0.416. The zero-order chi connectivity index (χ0) is 14.0. The quantitative estimate of drug-likeness (QED) is 0.718. The summed E-state index contributed by atoms with van der Waals surface area (Å²) in [5, 5.41) is 0. The van der Waals surface area contributed by atoms with E-state index in [1.807, 2.05) is 18.2 Å². The van der Waals surface area contributed by atoms with E-state index in [0.717, 1.165) is 15.8 Å². The van der Waals surface area contributed by atoms with E-state index < -0.39 is 0 Å². The van der Waals surface area contributed by atoms with Crippen molar-refractivity contribution in [3.63, 3.8) is 0 Å². The Morgan fingerprint density at radius 3 is 2.32 bits per heavy atom. The molecule has 0 saturated heterocycles. The molecule has 0 N–H and O–H groups in total. The summed E-state index contributed by atoms with van der Waals surface area (Å²) < 4.78 is 6.55. The molecule has 0 saturated carbocycles. The highest BCUT2D eigenvalue weighted by molar-refractivity contribution is 9.10. The van der Waals surface area contributed by atoms with Gasteiger partial charge >= 0.3 is 0 Å². The molecule has 0 fully saturated rings. The van der Waals surface area contributed by atoms with E-state index in [2.05, 4.69) is 61.0 Å². The van der Waals surface area contributed by atoms with Crippen LogP contribution >= 0.6 is 15.9 Å². The first-order valence-electron chi connectivity index (χ1n) is 6.36. The second kappa shape index (κ2) is 5.38. The van der Waals surface area contributed by atoms with Crippen molar-refractivity contribution >= 4 is 15.9 Å². The van der Waals surface area contributed by atoms with Crippen molar-refractivity contribution in [2.24, 2.45) is 0 Å². The Hall–Kier alpha value is -1.28. The highest BCUT2D eigenvalue weighted by Gasteiger charge is 2.16. The van der Waals surface area contributed by atoms with Crippen LogP contribution in [0.5, 0.6) is 5.75 Å². The first-order valence-corrected chi connectivity index (χ1v) is 7.15. The van der Waals surface area contributed by atoms with Crippen molar-refractivity contribution in [2.45, 2.75) is 26.2 Å². The average Bonchev–Trinajstić information content (AvgIpc) is 2.37. The van der Waals surface area contributed by atoms with Gasteiger partial charge in [-0.05, 0) is 34.7 Å². The third-order valence-electron chi connectivity index (χ3n) is 3.18. The largest absolute Gasteiger partial charge is 0.496 e. The van der Waals surface area contributed by atoms with Crippen LogP contribution in [0.25, 0.3) is 11.1 Å². The highest BCUT2D eigenvalue weighted by atomic mass is 79.9. The van der Waals surface area contributed by atoms with Gasteiger partial charge in [0.05, 0.1) is 7.11 Å². The minimum Gasteiger partial charge on any atom is -0.496 e. The summed E-state index contributed by atoms with van der Waals surface area (Å²) in [5.41, 5.74) is 3.73. The Balaban J connectivity index is 2.60. The predicted octanol–water partition coefficient (Wildman–Crippen LogP) is 5.42. The molecular weight excluding hydrogens is 300 g/mol. The monoisotopic (exact) mass is 318 g/mol. The maximum Gasteiger partial charge on any atom is 0.126 e. The van der Waals surface area contributed by atoms with Crippen molar-refractivity contribution in [1.29, 1.82) is 0 Å². The molecule has 0 heterocycles. The van der Waals surface area contributed by atoms with Crippen LogP contribution in [0.3, 0.4) is 0 Å². The van der Waals surface area contributed by atoms with Gasteiger partial charge in [-0.25, -0.2) is 0 Å². The maximum absolute atomic E-state index is 5.45. The molecule has 1 nitrogen and oxygen atoms in total. The molecule has 100 valence electrons. The molecule has 0 atom stereocenters. The Kier molecular flexibility index (Phi) is 4.00. The fraction of sp³-hybridized carbons (Fsp3) is 0.294. The fourth-order valence-electron chi connectivity index (χ4n) is 2.06. The lowest BCUT2D eigenvalue weighted by Gasteiger charge is -2.21. The second-order valence-corrected chi connectivity index (χ2v) is 6.59. The van der Waals surface area contributed by atoms with Crippen molar-refractivity contribution in [2.75, 3.05) is 7.11 Å². The van der Waals surface area contributed by atoms with Gasteiger partial charge in [0.25, 0.3) is 0 Å². The maximum atomic E-state index is 5.45. The fourth-order valence-corrected chi connectivity index (χ4v) is 2.55. The standard InChI is InChI=1S/C17H19BrO/c1-17(2,3)13-9-12(10-14(18)11-13)15-7-5-6-8-16(15)19-4/h5-11H,1-4H3. The van der Waals surface area contributed by atoms with E-state index in [1.165, 1.54) is 11.1 Å². The van der Waals surface area contributed by atoms with E-state index >= 15 is 0 Å². The molecule has 0 amide bonds. The van der Waals surface area contributed by atoms with Crippen LogP contribution in [0.2, 0.25) is 0 Å². The van der Waals surface area contributed by atoms with Gasteiger partial charge in [0.2, 0.25) is 0 Å². The van der Waals surface area contributed by atoms with Crippen molar-refractivity contribution in [3.05, 3.63) is 52.5 Å². The third-order valence-corrected chi connectivity index (χ3v) is 3.64. The lowest BCUT2D eigenvalue weighted by atomic mass is 9.85. The molecule has 0 radical (unpaired) electrons. The predicted molar refractivity (Wildman–Crippen MR) is 84.8 cm³/mol. The number of ether oxygens (including phenoxy) is 1. The van der Waals surface area contributed by atoms with Gasteiger partial charge in [0.1, 0.15) is 5.75 Å². The molecule has 19 heavy (non-hydrogen) atoms. The van der Waals surface area contributed by atoms with Gasteiger partial charge in [-0.2, -0.15) is 0 Å². The van der Waals surface area contributed by atoms with E-state index in [4.69, 9.17) is 4.74 Å². The summed E-state index contributed by atoms with van der Waals surface area (Å²) in [4.78, 5) is 0. The smallest absolute Gasteiger partial charge is 0.126 e. The SMILES string of the molecule is COc1ccccc1-c1cc(Br)cc(C(C)(C)C)c1. The van der Waals surface area contributed by atoms with E-state index in [0.29, 0.717) is 0 Å². The molecule has 0 aromatic heterocycles. The summed E-state index contributed by atoms with van der Waals surface area (Å²) in [7, 11) is 1.71. The lowest BCUT2D eigenvalue weighted by Crippen LogP contribution is -2.11. The summed E-state index contributed by atoms with van der Waals surface area (Å²) in [6.07, 6.45) is 0. The van der Waals surface area contributed by atoms with Gasteiger partial charge < -0.3 is 4.74 Å². The van der Waals surface area contributed by atoms with Crippen molar-refractivity contribution in [3.8, 4) is 16.9 Å². The normalized spacial score (nSPS) is 11.4. The van der Waals surface area contributed by atoms with Crippen molar-refractivity contribution < 1.29 is 4.74 Å². The molecule has 2 heteroatoms. The van der Waals surface area contributed by atoms with Crippen LogP contribution in [-0.2, 0) is 5.41 Å². The van der Waals surface area contributed by atoms with Gasteiger partial charge in [-0.15, -0.1) is 0 Å². The molecule has 0 aliphatic rings. The molecule has 0 aliphatic heterocycles. The molecule has 2 aromatic carbocycles. The van der Waals surface area contributed by atoms with Gasteiger partial charge in [0.15, 0.2) is 0 Å². The Labute approximate surface area is 123 Å². The molecule has 0 unspecified atom stereocenters.